The molecule has 1 unspecified atom stereocenters. The lowest BCUT2D eigenvalue weighted by Gasteiger charge is -2.21. The fourth-order valence-corrected chi connectivity index (χ4v) is 6.73. The summed E-state index contributed by atoms with van der Waals surface area (Å²) in [5, 5.41) is 0.127. The largest absolute Gasteiger partial charge is 0.494 e. The van der Waals surface area contributed by atoms with Gasteiger partial charge in [0.2, 0.25) is 18.2 Å². The summed E-state index contributed by atoms with van der Waals surface area (Å²) in [7, 11) is -1.93. The molecule has 3 rings (SSSR count). The van der Waals surface area contributed by atoms with E-state index in [1.54, 1.807) is 37.3 Å². The number of rotatable bonds is 7. The zero-order chi connectivity index (χ0) is 23.6. The van der Waals surface area contributed by atoms with Crippen LogP contribution in [-0.4, -0.2) is 25.3 Å². The minimum absolute atomic E-state index is 0.000705. The molecule has 0 radical (unpaired) electrons. The number of aryl methyl sites for hydroxylation is 1. The molecule has 5 nitrogen and oxygen atoms in total. The predicted octanol–water partition coefficient (Wildman–Crippen LogP) is 6.64. The van der Waals surface area contributed by atoms with Gasteiger partial charge in [-0.1, -0.05) is 77.3 Å². The topological polar surface area (TPSA) is 69.7 Å². The fraction of sp³-hybridized carbons (Fsp3) is 0.130. The van der Waals surface area contributed by atoms with E-state index in [-0.39, 0.29) is 43.0 Å². The Labute approximate surface area is 200 Å². The lowest BCUT2D eigenvalue weighted by molar-refractivity contribution is 0.103. The van der Waals surface area contributed by atoms with Crippen molar-refractivity contribution >= 4 is 58.3 Å². The predicted molar refractivity (Wildman–Crippen MR) is 128 cm³/mol. The summed E-state index contributed by atoms with van der Waals surface area (Å²) >= 11 is 18.8. The number of hydrogen-bond donors (Lipinski definition) is 0. The normalized spacial score (nSPS) is 12.7. The third-order valence-electron chi connectivity index (χ3n) is 4.89. The molecular weight excluding hydrogens is 494 g/mol. The van der Waals surface area contributed by atoms with Crippen LogP contribution in [0.5, 0.6) is 11.5 Å². The zero-order valence-electron chi connectivity index (χ0n) is 17.3. The Morgan fingerprint density at radius 1 is 0.750 bits per heavy atom. The van der Waals surface area contributed by atoms with Crippen molar-refractivity contribution < 1.29 is 23.6 Å². The van der Waals surface area contributed by atoms with Gasteiger partial charge in [0.1, 0.15) is 5.56 Å². The number of halogens is 3. The van der Waals surface area contributed by atoms with Gasteiger partial charge >= 0.3 is 0 Å². The van der Waals surface area contributed by atoms with Gasteiger partial charge in [0.25, 0.3) is 0 Å². The highest BCUT2D eigenvalue weighted by Crippen LogP contribution is 2.56. The molecule has 32 heavy (non-hydrogen) atoms. The maximum absolute atomic E-state index is 14.5. The van der Waals surface area contributed by atoms with Crippen LogP contribution in [0.1, 0.15) is 26.3 Å². The minimum atomic E-state index is -4.51. The summed E-state index contributed by atoms with van der Waals surface area (Å²) in [6.45, 7) is 1.65. The molecule has 0 amide bonds. The van der Waals surface area contributed by atoms with Gasteiger partial charge in [-0.05, 0) is 24.6 Å². The quantitative estimate of drug-likeness (QED) is 0.333. The first-order chi connectivity index (χ1) is 15.2. The molecule has 0 aromatic heterocycles. The molecule has 9 heteroatoms. The summed E-state index contributed by atoms with van der Waals surface area (Å²) in [6.07, 6.45) is 0. The molecule has 0 aliphatic carbocycles. The van der Waals surface area contributed by atoms with E-state index in [4.69, 9.17) is 44.3 Å². The van der Waals surface area contributed by atoms with Crippen molar-refractivity contribution in [1.29, 1.82) is 0 Å². The van der Waals surface area contributed by atoms with Gasteiger partial charge in [-0.3, -0.25) is 9.59 Å². The molecule has 0 N–H and O–H groups in total. The summed E-state index contributed by atoms with van der Waals surface area (Å²) < 4.78 is 25.1. The smallest absolute Gasteiger partial charge is 0.249 e. The van der Waals surface area contributed by atoms with Gasteiger partial charge < -0.3 is 14.0 Å². The van der Waals surface area contributed by atoms with Crippen LogP contribution in [0.25, 0.3) is 0 Å². The molecule has 0 aliphatic rings. The Balaban J connectivity index is 2.39. The van der Waals surface area contributed by atoms with Gasteiger partial charge in [-0.2, -0.15) is 0 Å². The number of carbonyl (C=O) groups is 2. The molecule has 0 saturated heterocycles. The van der Waals surface area contributed by atoms with Gasteiger partial charge in [0.15, 0.2) is 11.5 Å². The van der Waals surface area contributed by atoms with Crippen molar-refractivity contribution in [2.45, 2.75) is 6.92 Å². The van der Waals surface area contributed by atoms with E-state index >= 15 is 0 Å². The van der Waals surface area contributed by atoms with Gasteiger partial charge in [-0.25, -0.2) is 0 Å². The van der Waals surface area contributed by atoms with E-state index in [0.29, 0.717) is 5.56 Å². The second kappa shape index (κ2) is 9.68. The molecule has 1 atom stereocenters. The molecule has 0 bridgehead atoms. The van der Waals surface area contributed by atoms with E-state index < -0.39 is 18.2 Å². The van der Waals surface area contributed by atoms with Crippen molar-refractivity contribution in [1.82, 2.24) is 0 Å². The Hall–Kier alpha value is -2.30. The minimum Gasteiger partial charge on any atom is -0.494 e. The maximum Gasteiger partial charge on any atom is 0.249 e. The standard InChI is InChI=1S/C23H18Cl3O5P/c1-13-8-7-11-15(24)18(13)22(27)32(29,14-9-5-4-6-10-14)23(28)19-20(30-2)16(25)12-17(26)21(19)31-3/h4-12H,1-3H3. The van der Waals surface area contributed by atoms with E-state index in [1.807, 2.05) is 0 Å². The van der Waals surface area contributed by atoms with Crippen LogP contribution in [0, 0.1) is 6.92 Å². The average Bonchev–Trinajstić information content (AvgIpc) is 2.78. The Morgan fingerprint density at radius 3 is 1.78 bits per heavy atom. The highest BCUT2D eigenvalue weighted by Gasteiger charge is 2.46. The highest BCUT2D eigenvalue weighted by molar-refractivity contribution is 8.01. The van der Waals surface area contributed by atoms with Crippen LogP contribution in [0.3, 0.4) is 0 Å². The third-order valence-corrected chi connectivity index (χ3v) is 8.38. The first-order valence-electron chi connectivity index (χ1n) is 9.29. The van der Waals surface area contributed by atoms with E-state index in [9.17, 15) is 14.2 Å². The first-order valence-corrected chi connectivity index (χ1v) is 12.1. The number of benzene rings is 3. The third kappa shape index (κ3) is 4.06. The second-order valence-electron chi connectivity index (χ2n) is 6.77. The Morgan fingerprint density at radius 2 is 1.28 bits per heavy atom. The van der Waals surface area contributed by atoms with E-state index in [2.05, 4.69) is 0 Å². The first kappa shape index (κ1) is 24.3. The Kier molecular flexibility index (Phi) is 7.36. The number of methoxy groups -OCH3 is 2. The van der Waals surface area contributed by atoms with Gasteiger partial charge in [-0.15, -0.1) is 0 Å². The highest BCUT2D eigenvalue weighted by atomic mass is 35.5. The van der Waals surface area contributed by atoms with Gasteiger partial charge in [0.05, 0.1) is 29.3 Å². The van der Waals surface area contributed by atoms with E-state index in [0.717, 1.165) is 0 Å². The lowest BCUT2D eigenvalue weighted by Crippen LogP contribution is -2.22. The number of ether oxygens (including phenoxy) is 2. The Bertz CT molecular complexity index is 1210. The van der Waals surface area contributed by atoms with Crippen molar-refractivity contribution in [2.24, 2.45) is 0 Å². The molecule has 3 aromatic carbocycles. The van der Waals surface area contributed by atoms with E-state index in [1.165, 1.54) is 38.5 Å². The second-order valence-corrected chi connectivity index (χ2v) is 10.5. The molecule has 0 saturated carbocycles. The van der Waals surface area contributed by atoms with Crippen molar-refractivity contribution in [2.75, 3.05) is 14.2 Å². The molecule has 0 spiro atoms. The lowest BCUT2D eigenvalue weighted by atomic mass is 10.1. The summed E-state index contributed by atoms with van der Waals surface area (Å²) in [6, 6.07) is 13.9. The monoisotopic (exact) mass is 510 g/mol. The fourth-order valence-electron chi connectivity index (χ4n) is 3.36. The molecular formula is C23H18Cl3O5P. The summed E-state index contributed by atoms with van der Waals surface area (Å²) in [4.78, 5) is 27.7. The molecule has 166 valence electrons. The van der Waals surface area contributed by atoms with Crippen molar-refractivity contribution in [3.8, 4) is 11.5 Å². The average molecular weight is 512 g/mol. The summed E-state index contributed by atoms with van der Waals surface area (Å²) in [5.74, 6) is -0.199. The van der Waals surface area contributed by atoms with Crippen LogP contribution >= 0.6 is 41.9 Å². The van der Waals surface area contributed by atoms with Crippen LogP contribution in [0.4, 0.5) is 0 Å². The molecule has 3 aromatic rings. The summed E-state index contributed by atoms with van der Waals surface area (Å²) in [5.41, 5.74) is -1.73. The van der Waals surface area contributed by atoms with Crippen LogP contribution in [0.15, 0.2) is 54.6 Å². The van der Waals surface area contributed by atoms with Gasteiger partial charge in [0, 0.05) is 10.9 Å². The number of carbonyl (C=O) groups excluding carboxylic acids is 2. The zero-order valence-corrected chi connectivity index (χ0v) is 20.5. The van der Waals surface area contributed by atoms with Crippen molar-refractivity contribution in [3.05, 3.63) is 86.4 Å². The number of hydrogen-bond acceptors (Lipinski definition) is 5. The maximum atomic E-state index is 14.5. The van der Waals surface area contributed by atoms with Crippen molar-refractivity contribution in [3.63, 3.8) is 0 Å². The van der Waals surface area contributed by atoms with Crippen LogP contribution in [-0.2, 0) is 4.57 Å². The SMILES string of the molecule is COc1c(Cl)cc(Cl)c(OC)c1C(=O)P(=O)(C(=O)c1c(C)cccc1Cl)c1ccccc1. The van der Waals surface area contributed by atoms with Crippen LogP contribution in [0.2, 0.25) is 15.1 Å². The molecule has 0 heterocycles. The molecule has 0 aliphatic heterocycles. The van der Waals surface area contributed by atoms with Crippen LogP contribution < -0.4 is 14.8 Å². The molecule has 0 fully saturated rings.